The van der Waals surface area contributed by atoms with Gasteiger partial charge >= 0.3 is 6.03 Å². The molecule has 4 nitrogen and oxygen atoms in total. The third-order valence-electron chi connectivity index (χ3n) is 2.27. The summed E-state index contributed by atoms with van der Waals surface area (Å²) in [6.07, 6.45) is 0. The predicted molar refractivity (Wildman–Crippen MR) is 74.5 cm³/mol. The highest BCUT2D eigenvalue weighted by atomic mass is 79.9. The van der Waals surface area contributed by atoms with Gasteiger partial charge in [0.2, 0.25) is 5.91 Å². The van der Waals surface area contributed by atoms with E-state index in [1.54, 1.807) is 7.05 Å². The van der Waals surface area contributed by atoms with Crippen molar-refractivity contribution < 1.29 is 9.59 Å². The maximum atomic E-state index is 11.7. The van der Waals surface area contributed by atoms with E-state index in [4.69, 9.17) is 11.6 Å². The standard InChI is InChI=1S/C12H14BrClN2O2/c1-8(14)11(17)15-12(18)16(2)7-9-3-5-10(13)6-4-9/h3-6,8H,7H2,1-2H3,(H,15,17,18). The van der Waals surface area contributed by atoms with Gasteiger partial charge in [0.1, 0.15) is 5.38 Å². The number of carbonyl (C=O) groups is 2. The lowest BCUT2D eigenvalue weighted by atomic mass is 10.2. The molecule has 3 amide bonds. The summed E-state index contributed by atoms with van der Waals surface area (Å²) in [6.45, 7) is 1.93. The molecule has 0 heterocycles. The summed E-state index contributed by atoms with van der Waals surface area (Å²) in [6, 6.07) is 7.13. The molecule has 0 aliphatic heterocycles. The molecule has 1 aromatic rings. The number of amides is 3. The van der Waals surface area contributed by atoms with Crippen LogP contribution in [-0.2, 0) is 11.3 Å². The normalized spacial score (nSPS) is 11.8. The highest BCUT2D eigenvalue weighted by molar-refractivity contribution is 9.10. The first-order valence-electron chi connectivity index (χ1n) is 5.34. The van der Waals surface area contributed by atoms with E-state index in [0.717, 1.165) is 10.0 Å². The van der Waals surface area contributed by atoms with Crippen LogP contribution in [0.5, 0.6) is 0 Å². The van der Waals surface area contributed by atoms with E-state index in [-0.39, 0.29) is 0 Å². The van der Waals surface area contributed by atoms with Crippen LogP contribution >= 0.6 is 27.5 Å². The third kappa shape index (κ3) is 4.66. The van der Waals surface area contributed by atoms with E-state index in [2.05, 4.69) is 21.2 Å². The van der Waals surface area contributed by atoms with Gasteiger partial charge in [0.05, 0.1) is 0 Å². The zero-order chi connectivity index (χ0) is 13.7. The van der Waals surface area contributed by atoms with E-state index in [0.29, 0.717) is 6.54 Å². The number of nitrogens with zero attached hydrogens (tertiary/aromatic N) is 1. The zero-order valence-corrected chi connectivity index (χ0v) is 12.5. The molecule has 0 saturated carbocycles. The number of carbonyl (C=O) groups excluding carboxylic acids is 2. The lowest BCUT2D eigenvalue weighted by Gasteiger charge is -2.17. The minimum atomic E-state index is -0.727. The van der Waals surface area contributed by atoms with Crippen LogP contribution in [0.1, 0.15) is 12.5 Å². The monoisotopic (exact) mass is 332 g/mol. The minimum absolute atomic E-state index is 0.420. The van der Waals surface area contributed by atoms with Crippen molar-refractivity contribution in [1.82, 2.24) is 10.2 Å². The van der Waals surface area contributed by atoms with Gasteiger partial charge in [0, 0.05) is 18.1 Å². The fourth-order valence-electron chi connectivity index (χ4n) is 1.24. The molecule has 1 N–H and O–H groups in total. The summed E-state index contributed by atoms with van der Waals surface area (Å²) in [7, 11) is 1.61. The topological polar surface area (TPSA) is 49.4 Å². The Morgan fingerprint density at radius 3 is 2.44 bits per heavy atom. The first kappa shape index (κ1) is 15.0. The molecule has 0 saturated heterocycles. The second-order valence-electron chi connectivity index (χ2n) is 3.89. The molecule has 1 aromatic carbocycles. The van der Waals surface area contributed by atoms with E-state index in [1.165, 1.54) is 11.8 Å². The molecule has 0 bridgehead atoms. The van der Waals surface area contributed by atoms with Gasteiger partial charge in [-0.25, -0.2) is 4.79 Å². The highest BCUT2D eigenvalue weighted by Crippen LogP contribution is 2.11. The number of nitrogens with one attached hydrogen (secondary N) is 1. The average Bonchev–Trinajstić information content (AvgIpc) is 2.31. The summed E-state index contributed by atoms with van der Waals surface area (Å²) in [5.41, 5.74) is 0.974. The molecule has 1 rings (SSSR count). The lowest BCUT2D eigenvalue weighted by molar-refractivity contribution is -0.119. The molecular formula is C12H14BrClN2O2. The van der Waals surface area contributed by atoms with Gasteiger partial charge in [0.15, 0.2) is 0 Å². The summed E-state index contributed by atoms with van der Waals surface area (Å²) in [4.78, 5) is 24.3. The molecular weight excluding hydrogens is 320 g/mol. The lowest BCUT2D eigenvalue weighted by Crippen LogP contribution is -2.42. The summed E-state index contributed by atoms with van der Waals surface area (Å²) in [5, 5.41) is 1.49. The van der Waals surface area contributed by atoms with Gasteiger partial charge in [0.25, 0.3) is 0 Å². The van der Waals surface area contributed by atoms with Gasteiger partial charge in [-0.2, -0.15) is 0 Å². The summed E-state index contributed by atoms with van der Waals surface area (Å²) < 4.78 is 0.976. The number of urea groups is 1. The second-order valence-corrected chi connectivity index (χ2v) is 5.46. The number of rotatable bonds is 3. The predicted octanol–water partition coefficient (Wildman–Crippen LogP) is 2.74. The average molecular weight is 334 g/mol. The number of alkyl halides is 1. The summed E-state index contributed by atoms with van der Waals surface area (Å²) in [5.74, 6) is -0.496. The molecule has 0 aliphatic carbocycles. The van der Waals surface area contributed by atoms with Gasteiger partial charge in [-0.05, 0) is 24.6 Å². The molecule has 18 heavy (non-hydrogen) atoms. The van der Waals surface area contributed by atoms with E-state index < -0.39 is 17.3 Å². The van der Waals surface area contributed by atoms with E-state index >= 15 is 0 Å². The van der Waals surface area contributed by atoms with Crippen molar-refractivity contribution in [3.8, 4) is 0 Å². The zero-order valence-electron chi connectivity index (χ0n) is 10.1. The van der Waals surface area contributed by atoms with Crippen LogP contribution < -0.4 is 5.32 Å². The summed E-state index contributed by atoms with van der Waals surface area (Å²) >= 11 is 8.90. The largest absolute Gasteiger partial charge is 0.324 e. The maximum absolute atomic E-state index is 11.7. The van der Waals surface area contributed by atoms with Crippen molar-refractivity contribution in [3.05, 3.63) is 34.3 Å². The van der Waals surface area contributed by atoms with Crippen LogP contribution in [0, 0.1) is 0 Å². The van der Waals surface area contributed by atoms with Gasteiger partial charge in [-0.3, -0.25) is 10.1 Å². The number of halogens is 2. The van der Waals surface area contributed by atoms with Crippen LogP contribution in [-0.4, -0.2) is 29.3 Å². The molecule has 6 heteroatoms. The molecule has 1 atom stereocenters. The fraction of sp³-hybridized carbons (Fsp3) is 0.333. The highest BCUT2D eigenvalue weighted by Gasteiger charge is 2.16. The first-order valence-corrected chi connectivity index (χ1v) is 6.57. The van der Waals surface area contributed by atoms with Crippen LogP contribution in [0.4, 0.5) is 4.79 Å². The van der Waals surface area contributed by atoms with Gasteiger partial charge in [-0.15, -0.1) is 11.6 Å². The van der Waals surface area contributed by atoms with Crippen LogP contribution in [0.15, 0.2) is 28.7 Å². The minimum Gasteiger partial charge on any atom is -0.323 e. The van der Waals surface area contributed by atoms with E-state index in [9.17, 15) is 9.59 Å². The Balaban J connectivity index is 2.54. The Bertz CT molecular complexity index is 434. The molecule has 0 spiro atoms. The number of benzene rings is 1. The smallest absolute Gasteiger partial charge is 0.323 e. The Labute approximate surface area is 119 Å². The van der Waals surface area contributed by atoms with Crippen molar-refractivity contribution in [2.75, 3.05) is 7.05 Å². The molecule has 0 fully saturated rings. The van der Waals surface area contributed by atoms with Crippen molar-refractivity contribution in [1.29, 1.82) is 0 Å². The SMILES string of the molecule is CC(Cl)C(=O)NC(=O)N(C)Cc1ccc(Br)cc1. The first-order chi connectivity index (χ1) is 8.40. The van der Waals surface area contributed by atoms with Crippen LogP contribution in [0.2, 0.25) is 0 Å². The van der Waals surface area contributed by atoms with Gasteiger partial charge < -0.3 is 4.90 Å². The van der Waals surface area contributed by atoms with Crippen molar-refractivity contribution in [2.24, 2.45) is 0 Å². The molecule has 98 valence electrons. The van der Waals surface area contributed by atoms with Crippen molar-refractivity contribution in [2.45, 2.75) is 18.8 Å². The van der Waals surface area contributed by atoms with Crippen LogP contribution in [0.3, 0.4) is 0 Å². The van der Waals surface area contributed by atoms with Crippen LogP contribution in [0.25, 0.3) is 0 Å². The molecule has 0 aliphatic rings. The fourth-order valence-corrected chi connectivity index (χ4v) is 1.55. The second kappa shape index (κ2) is 6.75. The molecule has 0 aromatic heterocycles. The van der Waals surface area contributed by atoms with Gasteiger partial charge in [-0.1, -0.05) is 28.1 Å². The molecule has 1 unspecified atom stereocenters. The van der Waals surface area contributed by atoms with Crippen molar-refractivity contribution >= 4 is 39.5 Å². The Morgan fingerprint density at radius 2 is 1.94 bits per heavy atom. The number of hydrogen-bond donors (Lipinski definition) is 1. The molecule has 0 radical (unpaired) electrons. The number of hydrogen-bond acceptors (Lipinski definition) is 2. The van der Waals surface area contributed by atoms with Crippen molar-refractivity contribution in [3.63, 3.8) is 0 Å². The quantitative estimate of drug-likeness (QED) is 0.865. The van der Waals surface area contributed by atoms with E-state index in [1.807, 2.05) is 24.3 Å². The Morgan fingerprint density at radius 1 is 1.39 bits per heavy atom. The third-order valence-corrected chi connectivity index (χ3v) is 3.00. The Hall–Kier alpha value is -1.07. The maximum Gasteiger partial charge on any atom is 0.324 e. The number of imide groups is 1. The Kier molecular flexibility index (Phi) is 5.62.